The Morgan fingerprint density at radius 3 is 2.47 bits per heavy atom. The average molecular weight is 204 g/mol. The molecule has 0 bridgehead atoms. The zero-order valence-corrected chi connectivity index (χ0v) is 8.64. The van der Waals surface area contributed by atoms with Gasteiger partial charge in [0, 0.05) is 19.7 Å². The fraction of sp³-hybridized carbons (Fsp3) is 0.200. The minimum absolute atomic E-state index is 0.185. The Hall–Kier alpha value is -2.04. The van der Waals surface area contributed by atoms with Crippen molar-refractivity contribution in [2.75, 3.05) is 14.1 Å². The normalized spacial score (nSPS) is 16.1. The molecule has 0 spiro atoms. The van der Waals surface area contributed by atoms with Crippen molar-refractivity contribution in [1.82, 2.24) is 15.4 Å². The standard InChI is InChI=1S/C10H12N4O/c1-13-10(15)14(2)12-9(11-13)8-6-4-3-5-7-8/h3-7H,1-2H3,(H,11,12). The van der Waals surface area contributed by atoms with Crippen molar-refractivity contribution in [3.63, 3.8) is 0 Å². The molecule has 2 rings (SSSR count). The summed E-state index contributed by atoms with van der Waals surface area (Å²) in [5, 5.41) is 6.83. The molecule has 1 aliphatic heterocycles. The van der Waals surface area contributed by atoms with E-state index < -0.39 is 0 Å². The van der Waals surface area contributed by atoms with Crippen LogP contribution in [0.2, 0.25) is 0 Å². The van der Waals surface area contributed by atoms with Gasteiger partial charge in [0.2, 0.25) is 0 Å². The Morgan fingerprint density at radius 1 is 1.20 bits per heavy atom. The van der Waals surface area contributed by atoms with Crippen LogP contribution in [0, 0.1) is 0 Å². The number of amides is 2. The molecule has 0 fully saturated rings. The molecule has 0 atom stereocenters. The van der Waals surface area contributed by atoms with Gasteiger partial charge in [-0.1, -0.05) is 30.3 Å². The molecule has 0 saturated carbocycles. The third-order valence-electron chi connectivity index (χ3n) is 2.13. The number of nitrogens with one attached hydrogen (secondary N) is 1. The quantitative estimate of drug-likeness (QED) is 0.737. The molecule has 0 aromatic heterocycles. The number of hydrazone groups is 1. The number of nitrogens with zero attached hydrogens (tertiary/aromatic N) is 3. The van der Waals surface area contributed by atoms with Crippen LogP contribution < -0.4 is 5.43 Å². The summed E-state index contributed by atoms with van der Waals surface area (Å²) in [7, 11) is 3.29. The van der Waals surface area contributed by atoms with E-state index in [4.69, 9.17) is 0 Å². The van der Waals surface area contributed by atoms with Gasteiger partial charge in [-0.25, -0.2) is 14.8 Å². The third-order valence-corrected chi connectivity index (χ3v) is 2.13. The smallest absolute Gasteiger partial charge is 0.276 e. The molecule has 1 aliphatic rings. The van der Waals surface area contributed by atoms with E-state index in [1.165, 1.54) is 10.0 Å². The molecule has 5 heteroatoms. The van der Waals surface area contributed by atoms with Crippen molar-refractivity contribution in [2.45, 2.75) is 0 Å². The molecular formula is C10H12N4O. The maximum atomic E-state index is 11.4. The van der Waals surface area contributed by atoms with E-state index >= 15 is 0 Å². The van der Waals surface area contributed by atoms with Gasteiger partial charge in [0.25, 0.3) is 0 Å². The zero-order chi connectivity index (χ0) is 10.8. The fourth-order valence-electron chi connectivity index (χ4n) is 1.36. The number of rotatable bonds is 1. The molecule has 1 heterocycles. The summed E-state index contributed by atoms with van der Waals surface area (Å²) in [4.78, 5) is 11.4. The number of carbonyl (C=O) groups is 1. The lowest BCUT2D eigenvalue weighted by molar-refractivity contribution is 0.157. The molecule has 0 unspecified atom stereocenters. The van der Waals surface area contributed by atoms with Gasteiger partial charge in [-0.3, -0.25) is 5.43 Å². The Kier molecular flexibility index (Phi) is 2.29. The second kappa shape index (κ2) is 3.61. The summed E-state index contributed by atoms with van der Waals surface area (Å²) in [6.45, 7) is 0. The third kappa shape index (κ3) is 1.76. The molecule has 1 aromatic rings. The van der Waals surface area contributed by atoms with E-state index in [9.17, 15) is 4.79 Å². The van der Waals surface area contributed by atoms with Crippen molar-refractivity contribution in [3.05, 3.63) is 35.9 Å². The lowest BCUT2D eigenvalue weighted by Gasteiger charge is -2.29. The zero-order valence-electron chi connectivity index (χ0n) is 8.64. The highest BCUT2D eigenvalue weighted by atomic mass is 16.2. The van der Waals surface area contributed by atoms with E-state index in [0.717, 1.165) is 5.56 Å². The molecule has 2 amide bonds. The molecule has 1 aromatic carbocycles. The highest BCUT2D eigenvalue weighted by molar-refractivity contribution is 6.01. The molecule has 5 nitrogen and oxygen atoms in total. The molecule has 0 aliphatic carbocycles. The van der Waals surface area contributed by atoms with Crippen LogP contribution in [0.5, 0.6) is 0 Å². The van der Waals surface area contributed by atoms with Crippen LogP contribution in [0.3, 0.4) is 0 Å². The molecule has 1 N–H and O–H groups in total. The van der Waals surface area contributed by atoms with Crippen LogP contribution >= 0.6 is 0 Å². The number of hydrazine groups is 1. The highest BCUT2D eigenvalue weighted by Gasteiger charge is 2.21. The lowest BCUT2D eigenvalue weighted by atomic mass is 10.2. The Morgan fingerprint density at radius 2 is 1.87 bits per heavy atom. The Balaban J connectivity index is 2.32. The number of hydrogen-bond donors (Lipinski definition) is 1. The summed E-state index contributed by atoms with van der Waals surface area (Å²) >= 11 is 0. The van der Waals surface area contributed by atoms with Crippen molar-refractivity contribution in [3.8, 4) is 0 Å². The van der Waals surface area contributed by atoms with Crippen LogP contribution in [0.4, 0.5) is 4.79 Å². The first-order chi connectivity index (χ1) is 7.18. The molecule has 0 saturated heterocycles. The topological polar surface area (TPSA) is 47.9 Å². The summed E-state index contributed by atoms with van der Waals surface area (Å²) in [6.07, 6.45) is 0. The number of amidine groups is 1. The average Bonchev–Trinajstić information content (AvgIpc) is 2.26. The Bertz CT molecular complexity index is 401. The van der Waals surface area contributed by atoms with Crippen LogP contribution in [-0.2, 0) is 0 Å². The van der Waals surface area contributed by atoms with Gasteiger partial charge in [-0.05, 0) is 0 Å². The van der Waals surface area contributed by atoms with Crippen LogP contribution in [0.1, 0.15) is 5.56 Å². The minimum atomic E-state index is -0.185. The van der Waals surface area contributed by atoms with Crippen molar-refractivity contribution >= 4 is 11.9 Å². The summed E-state index contributed by atoms with van der Waals surface area (Å²) in [5.74, 6) is 0.667. The number of benzene rings is 1. The van der Waals surface area contributed by atoms with Crippen molar-refractivity contribution < 1.29 is 4.79 Å². The molecule has 15 heavy (non-hydrogen) atoms. The van der Waals surface area contributed by atoms with E-state index in [2.05, 4.69) is 10.5 Å². The fourth-order valence-corrected chi connectivity index (χ4v) is 1.36. The first-order valence-electron chi connectivity index (χ1n) is 4.60. The first-order valence-corrected chi connectivity index (χ1v) is 4.60. The van der Waals surface area contributed by atoms with Gasteiger partial charge in [0.1, 0.15) is 0 Å². The minimum Gasteiger partial charge on any atom is -0.276 e. The molecule has 0 radical (unpaired) electrons. The monoisotopic (exact) mass is 204 g/mol. The van der Waals surface area contributed by atoms with Crippen molar-refractivity contribution in [2.24, 2.45) is 5.10 Å². The lowest BCUT2D eigenvalue weighted by Crippen LogP contribution is -2.52. The number of urea groups is 1. The van der Waals surface area contributed by atoms with E-state index in [1.54, 1.807) is 14.1 Å². The van der Waals surface area contributed by atoms with Crippen LogP contribution in [0.15, 0.2) is 35.4 Å². The second-order valence-electron chi connectivity index (χ2n) is 3.29. The van der Waals surface area contributed by atoms with Crippen LogP contribution in [0.25, 0.3) is 0 Å². The van der Waals surface area contributed by atoms with E-state index in [-0.39, 0.29) is 6.03 Å². The first kappa shape index (κ1) is 9.51. The van der Waals surface area contributed by atoms with Crippen LogP contribution in [-0.4, -0.2) is 36.0 Å². The predicted octanol–water partition coefficient (Wildman–Crippen LogP) is 0.850. The maximum Gasteiger partial charge on any atom is 0.358 e. The maximum absolute atomic E-state index is 11.4. The van der Waals surface area contributed by atoms with Gasteiger partial charge in [0.15, 0.2) is 5.84 Å². The molecule has 78 valence electrons. The van der Waals surface area contributed by atoms with Gasteiger partial charge in [-0.15, -0.1) is 5.10 Å². The highest BCUT2D eigenvalue weighted by Crippen LogP contribution is 2.06. The van der Waals surface area contributed by atoms with Gasteiger partial charge >= 0.3 is 6.03 Å². The van der Waals surface area contributed by atoms with Gasteiger partial charge in [0.05, 0.1) is 0 Å². The Labute approximate surface area is 88.0 Å². The SMILES string of the molecule is CN1N=C(c2ccccc2)NN(C)C1=O. The largest absolute Gasteiger partial charge is 0.358 e. The van der Waals surface area contributed by atoms with E-state index in [0.29, 0.717) is 5.84 Å². The second-order valence-corrected chi connectivity index (χ2v) is 3.29. The van der Waals surface area contributed by atoms with E-state index in [1.807, 2.05) is 30.3 Å². The number of hydrogen-bond acceptors (Lipinski definition) is 3. The van der Waals surface area contributed by atoms with Gasteiger partial charge in [-0.2, -0.15) is 0 Å². The summed E-state index contributed by atoms with van der Waals surface area (Å²) in [5.41, 5.74) is 3.85. The summed E-state index contributed by atoms with van der Waals surface area (Å²) in [6, 6.07) is 9.47. The number of carbonyl (C=O) groups excluding carboxylic acids is 1. The predicted molar refractivity (Wildman–Crippen MR) is 57.0 cm³/mol. The van der Waals surface area contributed by atoms with Gasteiger partial charge < -0.3 is 0 Å². The summed E-state index contributed by atoms with van der Waals surface area (Å²) < 4.78 is 0. The molecular weight excluding hydrogens is 192 g/mol. The van der Waals surface area contributed by atoms with Crippen molar-refractivity contribution in [1.29, 1.82) is 0 Å².